The molecule has 2 amide bonds. The molecule has 0 bridgehead atoms. The summed E-state index contributed by atoms with van der Waals surface area (Å²) in [5, 5.41) is 3.92. The van der Waals surface area contributed by atoms with Crippen LogP contribution in [0, 0.1) is 6.92 Å². The first-order valence-electron chi connectivity index (χ1n) is 6.71. The van der Waals surface area contributed by atoms with Crippen molar-refractivity contribution in [1.29, 1.82) is 0 Å². The van der Waals surface area contributed by atoms with Crippen LogP contribution in [0.2, 0.25) is 0 Å². The van der Waals surface area contributed by atoms with Crippen molar-refractivity contribution in [2.24, 2.45) is 0 Å². The third kappa shape index (κ3) is 4.17. The smallest absolute Gasteiger partial charge is 0.349 e. The summed E-state index contributed by atoms with van der Waals surface area (Å²) in [5.74, 6) is -1.55. The van der Waals surface area contributed by atoms with Gasteiger partial charge in [-0.2, -0.15) is 0 Å². The number of methoxy groups -OCH3 is 1. The van der Waals surface area contributed by atoms with Crippen LogP contribution in [0.15, 0.2) is 35.7 Å². The van der Waals surface area contributed by atoms with E-state index < -0.39 is 24.4 Å². The van der Waals surface area contributed by atoms with Crippen molar-refractivity contribution in [1.82, 2.24) is 5.32 Å². The van der Waals surface area contributed by atoms with E-state index in [9.17, 15) is 14.4 Å². The molecular formula is C16H15NO5S. The summed E-state index contributed by atoms with van der Waals surface area (Å²) in [4.78, 5) is 36.0. The summed E-state index contributed by atoms with van der Waals surface area (Å²) in [5.41, 5.74) is 1.01. The summed E-state index contributed by atoms with van der Waals surface area (Å²) in [6, 6.07) is 8.29. The Hall–Kier alpha value is -2.67. The Balaban J connectivity index is 1.91. The van der Waals surface area contributed by atoms with E-state index in [1.165, 1.54) is 24.5 Å². The van der Waals surface area contributed by atoms with Crippen molar-refractivity contribution in [3.8, 4) is 5.75 Å². The normalized spacial score (nSPS) is 10.0. The lowest BCUT2D eigenvalue weighted by Gasteiger charge is -2.08. The Morgan fingerprint density at radius 3 is 2.57 bits per heavy atom. The number of hydrogen-bond acceptors (Lipinski definition) is 6. The number of ether oxygens (including phenoxy) is 2. The van der Waals surface area contributed by atoms with E-state index in [1.807, 2.05) is 0 Å². The van der Waals surface area contributed by atoms with Crippen LogP contribution in [0.1, 0.15) is 25.6 Å². The van der Waals surface area contributed by atoms with Crippen molar-refractivity contribution in [3.63, 3.8) is 0 Å². The molecule has 23 heavy (non-hydrogen) atoms. The van der Waals surface area contributed by atoms with E-state index in [0.717, 1.165) is 5.56 Å². The van der Waals surface area contributed by atoms with Gasteiger partial charge in [0.05, 0.1) is 12.7 Å². The average molecular weight is 333 g/mol. The van der Waals surface area contributed by atoms with Crippen molar-refractivity contribution >= 4 is 29.1 Å². The van der Waals surface area contributed by atoms with E-state index in [1.54, 1.807) is 36.6 Å². The molecule has 120 valence electrons. The van der Waals surface area contributed by atoms with Gasteiger partial charge in [0.2, 0.25) is 0 Å². The summed E-state index contributed by atoms with van der Waals surface area (Å²) < 4.78 is 9.95. The number of rotatable bonds is 5. The van der Waals surface area contributed by atoms with Crippen LogP contribution in [0.25, 0.3) is 0 Å². The maximum Gasteiger partial charge on any atom is 0.349 e. The van der Waals surface area contributed by atoms with E-state index in [-0.39, 0.29) is 5.56 Å². The average Bonchev–Trinajstić information content (AvgIpc) is 2.98. The van der Waals surface area contributed by atoms with Gasteiger partial charge in [0.15, 0.2) is 6.61 Å². The van der Waals surface area contributed by atoms with Crippen LogP contribution >= 0.6 is 11.3 Å². The van der Waals surface area contributed by atoms with Gasteiger partial charge in [-0.3, -0.25) is 14.9 Å². The number of carbonyl (C=O) groups excluding carboxylic acids is 3. The number of hydrogen-bond donors (Lipinski definition) is 1. The molecule has 1 N–H and O–H groups in total. The molecule has 7 heteroatoms. The van der Waals surface area contributed by atoms with Gasteiger partial charge >= 0.3 is 5.97 Å². The minimum Gasteiger partial charge on any atom is -0.496 e. The summed E-state index contributed by atoms with van der Waals surface area (Å²) in [6.45, 7) is 1.25. The van der Waals surface area contributed by atoms with Crippen molar-refractivity contribution in [2.75, 3.05) is 13.7 Å². The summed E-state index contributed by atoms with van der Waals surface area (Å²) in [7, 11) is 1.43. The van der Waals surface area contributed by atoms with Crippen molar-refractivity contribution < 1.29 is 23.9 Å². The predicted octanol–water partition coefficient (Wildman–Crippen LogP) is 2.18. The number of amides is 2. The monoisotopic (exact) mass is 333 g/mol. The first-order chi connectivity index (χ1) is 11.0. The number of imide groups is 1. The van der Waals surface area contributed by atoms with Gasteiger partial charge in [-0.05, 0) is 36.1 Å². The van der Waals surface area contributed by atoms with Crippen LogP contribution < -0.4 is 10.1 Å². The van der Waals surface area contributed by atoms with Crippen LogP contribution in [-0.2, 0) is 9.53 Å². The molecule has 6 nitrogen and oxygen atoms in total. The van der Waals surface area contributed by atoms with Gasteiger partial charge < -0.3 is 9.47 Å². The molecule has 1 aromatic heterocycles. The topological polar surface area (TPSA) is 81.7 Å². The molecule has 0 aliphatic carbocycles. The second kappa shape index (κ2) is 7.55. The second-order valence-electron chi connectivity index (χ2n) is 4.59. The minimum atomic E-state index is -0.705. The lowest BCUT2D eigenvalue weighted by Crippen LogP contribution is -2.34. The number of benzene rings is 1. The standard InChI is InChI=1S/C16H15NO5S/c1-10-7-8-23-14(10)16(20)22-9-13(18)17-15(19)11-5-3-4-6-12(11)21-2/h3-8H,9H2,1-2H3,(H,17,18,19). The molecule has 0 unspecified atom stereocenters. The van der Waals surface area contributed by atoms with Gasteiger partial charge in [0, 0.05) is 0 Å². The first kappa shape index (κ1) is 16.7. The summed E-state index contributed by atoms with van der Waals surface area (Å²) in [6.07, 6.45) is 0. The quantitative estimate of drug-likeness (QED) is 0.848. The lowest BCUT2D eigenvalue weighted by atomic mass is 10.2. The number of carbonyl (C=O) groups is 3. The highest BCUT2D eigenvalue weighted by Crippen LogP contribution is 2.17. The Morgan fingerprint density at radius 1 is 1.17 bits per heavy atom. The molecule has 0 atom stereocenters. The van der Waals surface area contributed by atoms with Gasteiger partial charge in [-0.15, -0.1) is 11.3 Å². The predicted molar refractivity (Wildman–Crippen MR) is 84.8 cm³/mol. The molecule has 0 saturated carbocycles. The number of aryl methyl sites for hydroxylation is 1. The lowest BCUT2D eigenvalue weighted by molar-refractivity contribution is -0.123. The third-order valence-electron chi connectivity index (χ3n) is 2.99. The molecule has 0 aliphatic heterocycles. The van der Waals surface area contributed by atoms with E-state index in [2.05, 4.69) is 5.32 Å². The van der Waals surface area contributed by atoms with E-state index >= 15 is 0 Å². The highest BCUT2D eigenvalue weighted by atomic mass is 32.1. The van der Waals surface area contributed by atoms with Crippen LogP contribution in [0.5, 0.6) is 5.75 Å². The number of nitrogens with one attached hydrogen (secondary N) is 1. The fourth-order valence-electron chi connectivity index (χ4n) is 1.84. The summed E-state index contributed by atoms with van der Waals surface area (Å²) >= 11 is 1.24. The van der Waals surface area contributed by atoms with E-state index in [0.29, 0.717) is 10.6 Å². The Kier molecular flexibility index (Phi) is 5.48. The molecule has 0 fully saturated rings. The van der Waals surface area contributed by atoms with Crippen LogP contribution in [-0.4, -0.2) is 31.5 Å². The van der Waals surface area contributed by atoms with Crippen molar-refractivity contribution in [2.45, 2.75) is 6.92 Å². The SMILES string of the molecule is COc1ccccc1C(=O)NC(=O)COC(=O)c1sccc1C. The Bertz CT molecular complexity index is 738. The van der Waals surface area contributed by atoms with E-state index in [4.69, 9.17) is 9.47 Å². The fourth-order valence-corrected chi connectivity index (χ4v) is 2.66. The van der Waals surface area contributed by atoms with Crippen molar-refractivity contribution in [3.05, 3.63) is 51.7 Å². The number of thiophene rings is 1. The largest absolute Gasteiger partial charge is 0.496 e. The molecule has 1 aromatic carbocycles. The fraction of sp³-hybridized carbons (Fsp3) is 0.188. The highest BCUT2D eigenvalue weighted by Gasteiger charge is 2.17. The second-order valence-corrected chi connectivity index (χ2v) is 5.50. The molecular weight excluding hydrogens is 318 g/mol. The minimum absolute atomic E-state index is 0.226. The number of esters is 1. The zero-order chi connectivity index (χ0) is 16.8. The van der Waals surface area contributed by atoms with Gasteiger partial charge in [-0.25, -0.2) is 4.79 Å². The highest BCUT2D eigenvalue weighted by molar-refractivity contribution is 7.12. The maximum atomic E-state index is 12.0. The first-order valence-corrected chi connectivity index (χ1v) is 7.59. The third-order valence-corrected chi connectivity index (χ3v) is 3.98. The Morgan fingerprint density at radius 2 is 1.91 bits per heavy atom. The number of para-hydroxylation sites is 1. The zero-order valence-electron chi connectivity index (χ0n) is 12.6. The van der Waals surface area contributed by atoms with Crippen LogP contribution in [0.3, 0.4) is 0 Å². The molecule has 1 heterocycles. The molecule has 0 saturated heterocycles. The molecule has 0 spiro atoms. The van der Waals surface area contributed by atoms with Gasteiger partial charge in [0.1, 0.15) is 10.6 Å². The zero-order valence-corrected chi connectivity index (χ0v) is 13.4. The molecule has 2 rings (SSSR count). The molecule has 0 aliphatic rings. The van der Waals surface area contributed by atoms with Gasteiger partial charge in [0.25, 0.3) is 11.8 Å². The Labute approximate surface area is 137 Å². The van der Waals surface area contributed by atoms with Gasteiger partial charge in [-0.1, -0.05) is 12.1 Å². The van der Waals surface area contributed by atoms with Crippen LogP contribution in [0.4, 0.5) is 0 Å². The molecule has 0 radical (unpaired) electrons. The maximum absolute atomic E-state index is 12.0. The molecule has 2 aromatic rings.